The Morgan fingerprint density at radius 3 is 2.15 bits per heavy atom. The summed E-state index contributed by atoms with van der Waals surface area (Å²) in [5.41, 5.74) is 3.13. The summed E-state index contributed by atoms with van der Waals surface area (Å²) in [7, 11) is 0. The third-order valence-corrected chi connectivity index (χ3v) is 4.28. The standard InChI is InChI=1S/C22H15F3N2/c23-22(24,25)17-12-9-15(10-13-17)19-14-11-16-5-4-8-20(21(16)27-19)26-18-6-2-1-3-7-18/h1-14,26H. The number of rotatable bonds is 3. The third kappa shape index (κ3) is 3.62. The largest absolute Gasteiger partial charge is 0.416 e. The van der Waals surface area contributed by atoms with Gasteiger partial charge in [0, 0.05) is 16.6 Å². The van der Waals surface area contributed by atoms with Crippen molar-refractivity contribution in [3.8, 4) is 11.3 Å². The molecule has 3 aromatic carbocycles. The fraction of sp³-hybridized carbons (Fsp3) is 0.0455. The predicted molar refractivity (Wildman–Crippen MR) is 102 cm³/mol. The summed E-state index contributed by atoms with van der Waals surface area (Å²) in [6.45, 7) is 0. The minimum Gasteiger partial charge on any atom is -0.354 e. The van der Waals surface area contributed by atoms with E-state index >= 15 is 0 Å². The lowest BCUT2D eigenvalue weighted by Gasteiger charge is -2.11. The molecule has 134 valence electrons. The monoisotopic (exact) mass is 364 g/mol. The number of nitrogens with one attached hydrogen (secondary N) is 1. The number of halogens is 3. The van der Waals surface area contributed by atoms with Crippen molar-refractivity contribution in [1.29, 1.82) is 0 Å². The highest BCUT2D eigenvalue weighted by Gasteiger charge is 2.30. The van der Waals surface area contributed by atoms with Gasteiger partial charge in [-0.25, -0.2) is 4.98 Å². The van der Waals surface area contributed by atoms with Gasteiger partial charge in [0.05, 0.1) is 22.5 Å². The predicted octanol–water partition coefficient (Wildman–Crippen LogP) is 6.66. The van der Waals surface area contributed by atoms with Crippen molar-refractivity contribution < 1.29 is 13.2 Å². The Morgan fingerprint density at radius 1 is 0.704 bits per heavy atom. The zero-order chi connectivity index (χ0) is 18.9. The smallest absolute Gasteiger partial charge is 0.354 e. The summed E-state index contributed by atoms with van der Waals surface area (Å²) in [4.78, 5) is 4.69. The molecule has 1 aromatic heterocycles. The maximum Gasteiger partial charge on any atom is 0.416 e. The lowest BCUT2D eigenvalue weighted by atomic mass is 10.1. The zero-order valence-electron chi connectivity index (χ0n) is 14.2. The second-order valence-corrected chi connectivity index (χ2v) is 6.14. The van der Waals surface area contributed by atoms with Gasteiger partial charge in [-0.15, -0.1) is 0 Å². The van der Waals surface area contributed by atoms with E-state index in [0.29, 0.717) is 11.3 Å². The summed E-state index contributed by atoms with van der Waals surface area (Å²) in [5, 5.41) is 4.29. The third-order valence-electron chi connectivity index (χ3n) is 4.28. The Hall–Kier alpha value is -3.34. The van der Waals surface area contributed by atoms with Crippen molar-refractivity contribution in [1.82, 2.24) is 4.98 Å². The Balaban J connectivity index is 1.74. The van der Waals surface area contributed by atoms with Gasteiger partial charge in [-0.05, 0) is 36.4 Å². The van der Waals surface area contributed by atoms with Gasteiger partial charge < -0.3 is 5.32 Å². The van der Waals surface area contributed by atoms with Crippen LogP contribution in [0.4, 0.5) is 24.5 Å². The molecule has 4 rings (SSSR count). The van der Waals surface area contributed by atoms with Gasteiger partial charge >= 0.3 is 6.18 Å². The molecule has 0 amide bonds. The van der Waals surface area contributed by atoms with E-state index in [1.54, 1.807) is 0 Å². The Bertz CT molecular complexity index is 1070. The van der Waals surface area contributed by atoms with E-state index in [1.165, 1.54) is 12.1 Å². The zero-order valence-corrected chi connectivity index (χ0v) is 14.2. The molecule has 0 radical (unpaired) electrons. The highest BCUT2D eigenvalue weighted by molar-refractivity contribution is 5.93. The number of para-hydroxylation sites is 2. The lowest BCUT2D eigenvalue weighted by Crippen LogP contribution is -2.04. The molecule has 1 N–H and O–H groups in total. The summed E-state index contributed by atoms with van der Waals surface area (Å²) in [6.07, 6.45) is -4.35. The number of nitrogens with zero attached hydrogens (tertiary/aromatic N) is 1. The van der Waals surface area contributed by atoms with Crippen LogP contribution in [0.15, 0.2) is 84.9 Å². The van der Waals surface area contributed by atoms with E-state index in [2.05, 4.69) is 10.3 Å². The van der Waals surface area contributed by atoms with Crippen molar-refractivity contribution in [2.45, 2.75) is 6.18 Å². The number of hydrogen-bond acceptors (Lipinski definition) is 2. The first-order chi connectivity index (χ1) is 13.0. The summed E-state index contributed by atoms with van der Waals surface area (Å²) in [5.74, 6) is 0. The van der Waals surface area contributed by atoms with Crippen LogP contribution in [0.25, 0.3) is 22.2 Å². The van der Waals surface area contributed by atoms with Crippen molar-refractivity contribution in [3.63, 3.8) is 0 Å². The van der Waals surface area contributed by atoms with Crippen LogP contribution >= 0.6 is 0 Å². The Labute approximate surface area is 154 Å². The number of aromatic nitrogens is 1. The van der Waals surface area contributed by atoms with Crippen LogP contribution in [0.3, 0.4) is 0 Å². The first kappa shape index (κ1) is 17.1. The number of hydrogen-bond donors (Lipinski definition) is 1. The number of fused-ring (bicyclic) bond motifs is 1. The molecule has 4 aromatic rings. The van der Waals surface area contributed by atoms with Gasteiger partial charge in [0.25, 0.3) is 0 Å². The average Bonchev–Trinajstić information content (AvgIpc) is 2.68. The van der Waals surface area contributed by atoms with Crippen LogP contribution in [0, 0.1) is 0 Å². The van der Waals surface area contributed by atoms with Gasteiger partial charge in [-0.3, -0.25) is 0 Å². The molecule has 0 saturated heterocycles. The quantitative estimate of drug-likeness (QED) is 0.439. The van der Waals surface area contributed by atoms with Crippen LogP contribution < -0.4 is 5.32 Å². The molecule has 0 bridgehead atoms. The van der Waals surface area contributed by atoms with Crippen LogP contribution in [0.2, 0.25) is 0 Å². The highest BCUT2D eigenvalue weighted by Crippen LogP contribution is 2.32. The molecule has 0 aliphatic heterocycles. The second kappa shape index (κ2) is 6.76. The molecule has 1 heterocycles. The Morgan fingerprint density at radius 2 is 1.44 bits per heavy atom. The van der Waals surface area contributed by atoms with Crippen molar-refractivity contribution in [2.75, 3.05) is 5.32 Å². The maximum absolute atomic E-state index is 12.8. The molecule has 0 spiro atoms. The van der Waals surface area contributed by atoms with Gasteiger partial charge in [-0.1, -0.05) is 48.5 Å². The van der Waals surface area contributed by atoms with Crippen LogP contribution in [0.1, 0.15) is 5.56 Å². The van der Waals surface area contributed by atoms with E-state index in [-0.39, 0.29) is 0 Å². The molecule has 2 nitrogen and oxygen atoms in total. The first-order valence-electron chi connectivity index (χ1n) is 8.40. The van der Waals surface area contributed by atoms with Gasteiger partial charge in [-0.2, -0.15) is 13.2 Å². The topological polar surface area (TPSA) is 24.9 Å². The molecule has 0 atom stereocenters. The van der Waals surface area contributed by atoms with Crippen LogP contribution in [-0.2, 0) is 6.18 Å². The number of benzene rings is 3. The SMILES string of the molecule is FC(F)(F)c1ccc(-c2ccc3cccc(Nc4ccccc4)c3n2)cc1. The molecule has 0 aliphatic rings. The van der Waals surface area contributed by atoms with Gasteiger partial charge in [0.15, 0.2) is 0 Å². The van der Waals surface area contributed by atoms with Crippen LogP contribution in [0.5, 0.6) is 0 Å². The minimum atomic E-state index is -4.35. The van der Waals surface area contributed by atoms with E-state index in [0.717, 1.165) is 34.4 Å². The highest BCUT2D eigenvalue weighted by atomic mass is 19.4. The summed E-state index contributed by atoms with van der Waals surface area (Å²) >= 11 is 0. The first-order valence-corrected chi connectivity index (χ1v) is 8.40. The van der Waals surface area contributed by atoms with Crippen LogP contribution in [-0.4, -0.2) is 4.98 Å². The molecule has 0 aliphatic carbocycles. The number of alkyl halides is 3. The summed E-state index contributed by atoms with van der Waals surface area (Å²) in [6, 6.07) is 24.3. The number of anilines is 2. The maximum atomic E-state index is 12.8. The normalized spacial score (nSPS) is 11.5. The van der Waals surface area contributed by atoms with Crippen molar-refractivity contribution in [3.05, 3.63) is 90.5 Å². The lowest BCUT2D eigenvalue weighted by molar-refractivity contribution is -0.137. The molecule has 0 fully saturated rings. The van der Waals surface area contributed by atoms with Crippen molar-refractivity contribution in [2.24, 2.45) is 0 Å². The van der Waals surface area contributed by atoms with E-state index in [4.69, 9.17) is 0 Å². The molecule has 0 unspecified atom stereocenters. The van der Waals surface area contributed by atoms with Crippen molar-refractivity contribution >= 4 is 22.3 Å². The van der Waals surface area contributed by atoms with Gasteiger partial charge in [0.1, 0.15) is 0 Å². The Kier molecular flexibility index (Phi) is 4.28. The minimum absolute atomic E-state index is 0.624. The fourth-order valence-electron chi connectivity index (χ4n) is 2.92. The molecule has 5 heteroatoms. The average molecular weight is 364 g/mol. The van der Waals surface area contributed by atoms with E-state index < -0.39 is 11.7 Å². The molecule has 0 saturated carbocycles. The molecular weight excluding hydrogens is 349 g/mol. The van der Waals surface area contributed by atoms with Gasteiger partial charge in [0.2, 0.25) is 0 Å². The molecular formula is C22H15F3N2. The summed E-state index contributed by atoms with van der Waals surface area (Å²) < 4.78 is 38.3. The number of pyridine rings is 1. The van der Waals surface area contributed by atoms with E-state index in [1.807, 2.05) is 60.7 Å². The fourth-order valence-corrected chi connectivity index (χ4v) is 2.92. The van der Waals surface area contributed by atoms with E-state index in [9.17, 15) is 13.2 Å². The molecule has 27 heavy (non-hydrogen) atoms. The second-order valence-electron chi connectivity index (χ2n) is 6.14.